The monoisotopic (exact) mass is 258 g/mol. The Morgan fingerprint density at radius 3 is 2.83 bits per heavy atom. The van der Waals surface area contributed by atoms with Crippen LogP contribution in [0.4, 0.5) is 4.39 Å². The Bertz CT molecular complexity index is 483. The number of hydrogen-bond acceptors (Lipinski definition) is 6. The first-order chi connectivity index (χ1) is 8.60. The molecule has 1 aromatic carbocycles. The number of carbonyl (C=O) groups is 1. The molecule has 0 aromatic heterocycles. The Morgan fingerprint density at radius 1 is 1.50 bits per heavy atom. The quantitative estimate of drug-likeness (QED) is 0.807. The molecule has 1 aliphatic rings. The van der Waals surface area contributed by atoms with E-state index < -0.39 is 17.9 Å². The van der Waals surface area contributed by atoms with Crippen molar-refractivity contribution in [3.8, 4) is 17.2 Å². The van der Waals surface area contributed by atoms with Crippen LogP contribution in [0.15, 0.2) is 6.07 Å². The molecule has 0 bridgehead atoms. The molecule has 7 heteroatoms. The number of fused-ring (bicyclic) bond motifs is 1. The zero-order chi connectivity index (χ0) is 13.3. The summed E-state index contributed by atoms with van der Waals surface area (Å²) in [7, 11) is 2.32. The Labute approximate surface area is 102 Å². The number of methoxy groups -OCH3 is 2. The van der Waals surface area contributed by atoms with E-state index in [2.05, 4.69) is 4.74 Å². The van der Waals surface area contributed by atoms with Crippen molar-refractivity contribution < 1.29 is 33.2 Å². The van der Waals surface area contributed by atoms with Crippen molar-refractivity contribution in [2.45, 2.75) is 6.10 Å². The van der Waals surface area contributed by atoms with Crippen molar-refractivity contribution in [3.05, 3.63) is 17.4 Å². The molecule has 1 aromatic rings. The van der Waals surface area contributed by atoms with Gasteiger partial charge in [-0.1, -0.05) is 0 Å². The summed E-state index contributed by atoms with van der Waals surface area (Å²) < 4.78 is 33.1. The van der Waals surface area contributed by atoms with E-state index in [0.29, 0.717) is 0 Å². The molecule has 0 radical (unpaired) electrons. The van der Waals surface area contributed by atoms with Crippen molar-refractivity contribution in [2.24, 2.45) is 0 Å². The molecule has 1 aliphatic heterocycles. The van der Waals surface area contributed by atoms with Crippen LogP contribution in [0.25, 0.3) is 0 Å². The molecule has 0 saturated heterocycles. The third-order valence-corrected chi connectivity index (χ3v) is 2.51. The smallest absolute Gasteiger partial charge is 0.339 e. The fraction of sp³-hybridized carbons (Fsp3) is 0.364. The summed E-state index contributed by atoms with van der Waals surface area (Å²) in [5, 5.41) is 9.83. The molecule has 0 fully saturated rings. The maximum Gasteiger partial charge on any atom is 0.339 e. The molecule has 98 valence electrons. The van der Waals surface area contributed by atoms with E-state index in [1.165, 1.54) is 7.11 Å². The van der Waals surface area contributed by atoms with Gasteiger partial charge >= 0.3 is 5.97 Å². The number of esters is 1. The Kier molecular flexibility index (Phi) is 3.24. The maximum atomic E-state index is 13.7. The van der Waals surface area contributed by atoms with Gasteiger partial charge in [0.2, 0.25) is 6.79 Å². The second-order valence-electron chi connectivity index (χ2n) is 3.46. The van der Waals surface area contributed by atoms with E-state index >= 15 is 0 Å². The van der Waals surface area contributed by atoms with Crippen LogP contribution in [-0.4, -0.2) is 32.1 Å². The fourth-order valence-electron chi connectivity index (χ4n) is 1.70. The van der Waals surface area contributed by atoms with Gasteiger partial charge in [0.05, 0.1) is 19.8 Å². The highest BCUT2D eigenvalue weighted by molar-refractivity contribution is 5.79. The normalized spacial score (nSPS) is 14.2. The highest BCUT2D eigenvalue weighted by Crippen LogP contribution is 2.45. The minimum atomic E-state index is -1.71. The molecule has 0 saturated carbocycles. The number of rotatable bonds is 3. The summed E-state index contributed by atoms with van der Waals surface area (Å²) in [4.78, 5) is 11.3. The lowest BCUT2D eigenvalue weighted by molar-refractivity contribution is -0.150. The average molecular weight is 258 g/mol. The average Bonchev–Trinajstić information content (AvgIpc) is 2.82. The number of ether oxygens (including phenoxy) is 4. The lowest BCUT2D eigenvalue weighted by atomic mass is 10.1. The predicted molar refractivity (Wildman–Crippen MR) is 56.1 cm³/mol. The zero-order valence-electron chi connectivity index (χ0n) is 9.73. The van der Waals surface area contributed by atoms with E-state index in [9.17, 15) is 14.3 Å². The van der Waals surface area contributed by atoms with Crippen LogP contribution >= 0.6 is 0 Å². The summed E-state index contributed by atoms with van der Waals surface area (Å²) in [6.45, 7) is -0.122. The van der Waals surface area contributed by atoms with E-state index in [0.717, 1.165) is 13.2 Å². The third kappa shape index (κ3) is 1.82. The summed E-state index contributed by atoms with van der Waals surface area (Å²) in [6.07, 6.45) is -1.71. The Morgan fingerprint density at radius 2 is 2.22 bits per heavy atom. The molecule has 1 N–H and O–H groups in total. The van der Waals surface area contributed by atoms with Crippen molar-refractivity contribution in [1.82, 2.24) is 0 Å². The number of halogens is 1. The van der Waals surface area contributed by atoms with Gasteiger partial charge in [-0.25, -0.2) is 9.18 Å². The summed E-state index contributed by atoms with van der Waals surface area (Å²) in [5.74, 6) is -1.81. The Hall–Kier alpha value is -2.02. The van der Waals surface area contributed by atoms with Gasteiger partial charge in [0.1, 0.15) is 0 Å². The van der Waals surface area contributed by atoms with Gasteiger partial charge in [-0.15, -0.1) is 0 Å². The minimum Gasteiger partial charge on any atom is -0.493 e. The van der Waals surface area contributed by atoms with Gasteiger partial charge in [0.25, 0.3) is 0 Å². The molecule has 18 heavy (non-hydrogen) atoms. The van der Waals surface area contributed by atoms with Crippen molar-refractivity contribution in [3.63, 3.8) is 0 Å². The molecular formula is C11H11FO6. The maximum absolute atomic E-state index is 13.7. The summed E-state index contributed by atoms with van der Waals surface area (Å²) >= 11 is 0. The molecule has 1 atom stereocenters. The van der Waals surface area contributed by atoms with E-state index in [1.807, 2.05) is 0 Å². The largest absolute Gasteiger partial charge is 0.493 e. The summed E-state index contributed by atoms with van der Waals surface area (Å²) in [6, 6.07) is 1.06. The molecule has 6 nitrogen and oxygen atoms in total. The number of carbonyl (C=O) groups excluding carboxylic acids is 1. The van der Waals surface area contributed by atoms with Crippen LogP contribution in [-0.2, 0) is 9.53 Å². The van der Waals surface area contributed by atoms with Gasteiger partial charge < -0.3 is 24.1 Å². The molecule has 0 aliphatic carbocycles. The minimum absolute atomic E-state index is 0.0751. The SMILES string of the molecule is COC(=O)C(O)c1c(OC)c(F)cc2c1OCO2. The van der Waals surface area contributed by atoms with Gasteiger partial charge in [-0.2, -0.15) is 0 Å². The molecule has 1 heterocycles. The predicted octanol–water partition coefficient (Wildman–Crippen LogP) is 0.769. The van der Waals surface area contributed by atoms with Crippen LogP contribution in [0.2, 0.25) is 0 Å². The first-order valence-electron chi connectivity index (χ1n) is 5.02. The molecule has 2 rings (SSSR count). The number of aliphatic hydroxyl groups is 1. The van der Waals surface area contributed by atoms with Crippen LogP contribution in [0.3, 0.4) is 0 Å². The third-order valence-electron chi connectivity index (χ3n) is 2.51. The van der Waals surface area contributed by atoms with Crippen LogP contribution < -0.4 is 14.2 Å². The van der Waals surface area contributed by atoms with E-state index in [-0.39, 0.29) is 29.6 Å². The number of benzene rings is 1. The number of aliphatic hydroxyl groups excluding tert-OH is 1. The second kappa shape index (κ2) is 4.69. The topological polar surface area (TPSA) is 74.2 Å². The highest BCUT2D eigenvalue weighted by atomic mass is 19.1. The van der Waals surface area contributed by atoms with Crippen molar-refractivity contribution >= 4 is 5.97 Å². The first-order valence-corrected chi connectivity index (χ1v) is 5.02. The molecule has 0 spiro atoms. The van der Waals surface area contributed by atoms with Crippen LogP contribution in [0.5, 0.6) is 17.2 Å². The van der Waals surface area contributed by atoms with Crippen LogP contribution in [0, 0.1) is 5.82 Å². The molecule has 0 amide bonds. The van der Waals surface area contributed by atoms with Crippen molar-refractivity contribution in [2.75, 3.05) is 21.0 Å². The zero-order valence-corrected chi connectivity index (χ0v) is 9.73. The lowest BCUT2D eigenvalue weighted by Crippen LogP contribution is -2.15. The van der Waals surface area contributed by atoms with Crippen LogP contribution in [0.1, 0.15) is 11.7 Å². The number of hydrogen-bond donors (Lipinski definition) is 1. The van der Waals surface area contributed by atoms with E-state index in [4.69, 9.17) is 14.2 Å². The second-order valence-corrected chi connectivity index (χ2v) is 3.46. The lowest BCUT2D eigenvalue weighted by Gasteiger charge is -2.15. The highest BCUT2D eigenvalue weighted by Gasteiger charge is 2.33. The van der Waals surface area contributed by atoms with Gasteiger partial charge in [0.15, 0.2) is 29.2 Å². The van der Waals surface area contributed by atoms with Gasteiger partial charge in [-0.3, -0.25) is 0 Å². The molecular weight excluding hydrogens is 247 g/mol. The van der Waals surface area contributed by atoms with Gasteiger partial charge in [-0.05, 0) is 0 Å². The van der Waals surface area contributed by atoms with Crippen molar-refractivity contribution in [1.29, 1.82) is 0 Å². The Balaban J connectivity index is 2.59. The van der Waals surface area contributed by atoms with Gasteiger partial charge in [0, 0.05) is 6.07 Å². The fourth-order valence-corrected chi connectivity index (χ4v) is 1.70. The van der Waals surface area contributed by atoms with E-state index in [1.54, 1.807) is 0 Å². The summed E-state index contributed by atoms with van der Waals surface area (Å²) in [5.41, 5.74) is -0.142. The molecule has 1 unspecified atom stereocenters. The standard InChI is InChI=1S/C11H11FO6/c1-15-9-5(12)3-6-10(18-4-17-6)7(9)8(13)11(14)16-2/h3,8,13H,4H2,1-2H3. The first kappa shape index (κ1) is 12.4.